The van der Waals surface area contributed by atoms with E-state index in [0.29, 0.717) is 24.6 Å². The normalized spacial score (nSPS) is 16.7. The summed E-state index contributed by atoms with van der Waals surface area (Å²) in [4.78, 5) is 31.7. The van der Waals surface area contributed by atoms with E-state index in [1.165, 1.54) is 0 Å². The highest BCUT2D eigenvalue weighted by molar-refractivity contribution is 6.01. The highest BCUT2D eigenvalue weighted by Crippen LogP contribution is 2.33. The number of anilines is 1. The van der Waals surface area contributed by atoms with Crippen LogP contribution < -0.4 is 15.0 Å². The molecule has 0 saturated carbocycles. The van der Waals surface area contributed by atoms with Crippen molar-refractivity contribution >= 4 is 17.5 Å². The summed E-state index contributed by atoms with van der Waals surface area (Å²) in [7, 11) is 0. The first-order valence-electron chi connectivity index (χ1n) is 10.4. The fourth-order valence-electron chi connectivity index (χ4n) is 3.89. The van der Waals surface area contributed by atoms with Crippen molar-refractivity contribution in [2.24, 2.45) is 5.92 Å². The number of hydrogen-bond acceptors (Lipinski definition) is 4. The molecule has 1 aromatic heterocycles. The summed E-state index contributed by atoms with van der Waals surface area (Å²) in [5.74, 6) is -0.00327. The maximum Gasteiger partial charge on any atom is 0.227 e. The molecule has 2 atom stereocenters. The summed E-state index contributed by atoms with van der Waals surface area (Å²) in [6.07, 6.45) is 3.59. The van der Waals surface area contributed by atoms with Gasteiger partial charge in [0.2, 0.25) is 11.8 Å². The van der Waals surface area contributed by atoms with Crippen LogP contribution in [0.15, 0.2) is 79.1 Å². The van der Waals surface area contributed by atoms with Crippen molar-refractivity contribution in [2.75, 3.05) is 18.1 Å². The summed E-state index contributed by atoms with van der Waals surface area (Å²) >= 11 is 0. The molecule has 0 radical (unpaired) electrons. The summed E-state index contributed by atoms with van der Waals surface area (Å²) in [6.45, 7) is 2.74. The number of para-hydroxylation sites is 2. The Morgan fingerprint density at radius 1 is 1.06 bits per heavy atom. The molecule has 0 spiro atoms. The predicted molar refractivity (Wildman–Crippen MR) is 119 cm³/mol. The van der Waals surface area contributed by atoms with E-state index in [2.05, 4.69) is 10.3 Å². The Labute approximate surface area is 181 Å². The molecule has 1 fully saturated rings. The molecular weight excluding hydrogens is 390 g/mol. The lowest BCUT2D eigenvalue weighted by Crippen LogP contribution is -2.36. The van der Waals surface area contributed by atoms with Gasteiger partial charge in [-0.2, -0.15) is 0 Å². The highest BCUT2D eigenvalue weighted by atomic mass is 16.5. The number of benzene rings is 2. The van der Waals surface area contributed by atoms with Crippen LogP contribution in [-0.4, -0.2) is 29.9 Å². The average Bonchev–Trinajstić information content (AvgIpc) is 3.20. The topological polar surface area (TPSA) is 71.5 Å². The number of nitrogens with one attached hydrogen (secondary N) is 1. The van der Waals surface area contributed by atoms with Crippen LogP contribution in [0.4, 0.5) is 5.69 Å². The summed E-state index contributed by atoms with van der Waals surface area (Å²) in [5.41, 5.74) is 2.63. The monoisotopic (exact) mass is 415 g/mol. The second-order valence-corrected chi connectivity index (χ2v) is 7.44. The minimum absolute atomic E-state index is 0.0764. The van der Waals surface area contributed by atoms with E-state index < -0.39 is 5.92 Å². The molecule has 2 amide bonds. The van der Waals surface area contributed by atoms with Gasteiger partial charge in [0, 0.05) is 25.4 Å². The van der Waals surface area contributed by atoms with E-state index in [4.69, 9.17) is 4.74 Å². The molecule has 1 saturated heterocycles. The largest absolute Gasteiger partial charge is 0.492 e. The molecule has 1 aliphatic heterocycles. The summed E-state index contributed by atoms with van der Waals surface area (Å²) < 4.78 is 5.67. The Balaban J connectivity index is 1.54. The molecule has 2 unspecified atom stereocenters. The van der Waals surface area contributed by atoms with Gasteiger partial charge in [0.05, 0.1) is 24.3 Å². The molecule has 4 rings (SSSR count). The van der Waals surface area contributed by atoms with Crippen molar-refractivity contribution < 1.29 is 14.3 Å². The smallest absolute Gasteiger partial charge is 0.227 e. The van der Waals surface area contributed by atoms with E-state index in [0.717, 1.165) is 11.1 Å². The Hall–Kier alpha value is -3.67. The Bertz CT molecular complexity index is 1000. The van der Waals surface area contributed by atoms with Crippen LogP contribution in [0.3, 0.4) is 0 Å². The van der Waals surface area contributed by atoms with Gasteiger partial charge in [-0.15, -0.1) is 0 Å². The fraction of sp³-hybridized carbons (Fsp3) is 0.240. The zero-order valence-corrected chi connectivity index (χ0v) is 17.4. The zero-order valence-electron chi connectivity index (χ0n) is 17.4. The number of carbonyl (C=O) groups is 2. The number of ether oxygens (including phenoxy) is 1. The third-order valence-corrected chi connectivity index (χ3v) is 5.41. The van der Waals surface area contributed by atoms with Crippen molar-refractivity contribution in [3.63, 3.8) is 0 Å². The first-order chi connectivity index (χ1) is 15.2. The minimum atomic E-state index is -0.435. The van der Waals surface area contributed by atoms with E-state index in [1.807, 2.05) is 73.7 Å². The van der Waals surface area contributed by atoms with Gasteiger partial charge in [-0.1, -0.05) is 42.5 Å². The first-order valence-corrected chi connectivity index (χ1v) is 10.4. The molecule has 6 heteroatoms. The summed E-state index contributed by atoms with van der Waals surface area (Å²) in [6, 6.07) is 20.7. The molecule has 2 heterocycles. The average molecular weight is 415 g/mol. The molecule has 158 valence electrons. The SMILES string of the molecule is CCOc1ccccc1N1CC(C(=O)NC(c2ccccc2)c2ccncc2)CC1=O. The number of amides is 2. The van der Waals surface area contributed by atoms with Crippen LogP contribution in [0.25, 0.3) is 0 Å². The van der Waals surface area contributed by atoms with Gasteiger partial charge in [-0.05, 0) is 42.3 Å². The van der Waals surface area contributed by atoms with Crippen LogP contribution in [0.5, 0.6) is 5.75 Å². The third-order valence-electron chi connectivity index (χ3n) is 5.41. The quantitative estimate of drug-likeness (QED) is 0.638. The second-order valence-electron chi connectivity index (χ2n) is 7.44. The van der Waals surface area contributed by atoms with Crippen LogP contribution in [0.1, 0.15) is 30.5 Å². The van der Waals surface area contributed by atoms with Gasteiger partial charge < -0.3 is 15.0 Å². The van der Waals surface area contributed by atoms with E-state index in [1.54, 1.807) is 17.3 Å². The number of hydrogen-bond donors (Lipinski definition) is 1. The van der Waals surface area contributed by atoms with E-state index >= 15 is 0 Å². The molecule has 0 bridgehead atoms. The standard InChI is InChI=1S/C25H25N3O3/c1-2-31-22-11-7-6-10-21(22)28-17-20(16-23(28)29)25(30)27-24(18-8-4-3-5-9-18)19-12-14-26-15-13-19/h3-15,20,24H,2,16-17H2,1H3,(H,27,30). The molecule has 2 aromatic carbocycles. The van der Waals surface area contributed by atoms with Gasteiger partial charge in [-0.3, -0.25) is 14.6 Å². The molecule has 0 aliphatic carbocycles. The van der Waals surface area contributed by atoms with Crippen LogP contribution in [-0.2, 0) is 9.59 Å². The number of rotatable bonds is 7. The Kier molecular flexibility index (Phi) is 6.26. The van der Waals surface area contributed by atoms with Crippen molar-refractivity contribution in [1.29, 1.82) is 0 Å². The first kappa shape index (κ1) is 20.6. The lowest BCUT2D eigenvalue weighted by Gasteiger charge is -2.22. The molecule has 6 nitrogen and oxygen atoms in total. The van der Waals surface area contributed by atoms with Gasteiger partial charge in [0.15, 0.2) is 0 Å². The van der Waals surface area contributed by atoms with E-state index in [9.17, 15) is 9.59 Å². The van der Waals surface area contributed by atoms with Gasteiger partial charge >= 0.3 is 0 Å². The van der Waals surface area contributed by atoms with Crippen LogP contribution in [0, 0.1) is 5.92 Å². The van der Waals surface area contributed by atoms with Crippen molar-refractivity contribution in [2.45, 2.75) is 19.4 Å². The summed E-state index contributed by atoms with van der Waals surface area (Å²) in [5, 5.41) is 3.15. The van der Waals surface area contributed by atoms with Crippen molar-refractivity contribution in [3.05, 3.63) is 90.3 Å². The van der Waals surface area contributed by atoms with E-state index in [-0.39, 0.29) is 24.3 Å². The van der Waals surface area contributed by atoms with Crippen molar-refractivity contribution in [1.82, 2.24) is 10.3 Å². The lowest BCUT2D eigenvalue weighted by molar-refractivity contribution is -0.126. The molecular formula is C25H25N3O3. The molecule has 1 aliphatic rings. The second kappa shape index (κ2) is 9.43. The van der Waals surface area contributed by atoms with Crippen LogP contribution >= 0.6 is 0 Å². The number of aromatic nitrogens is 1. The van der Waals surface area contributed by atoms with Crippen LogP contribution in [0.2, 0.25) is 0 Å². The molecule has 1 N–H and O–H groups in total. The zero-order chi connectivity index (χ0) is 21.6. The lowest BCUT2D eigenvalue weighted by atomic mass is 9.98. The minimum Gasteiger partial charge on any atom is -0.492 e. The van der Waals surface area contributed by atoms with Gasteiger partial charge in [0.25, 0.3) is 0 Å². The maximum atomic E-state index is 13.2. The Morgan fingerprint density at radius 2 is 1.74 bits per heavy atom. The van der Waals surface area contributed by atoms with Crippen molar-refractivity contribution in [3.8, 4) is 5.75 Å². The molecule has 31 heavy (non-hydrogen) atoms. The third kappa shape index (κ3) is 4.58. The number of pyridine rings is 1. The highest BCUT2D eigenvalue weighted by Gasteiger charge is 2.37. The van der Waals surface area contributed by atoms with Gasteiger partial charge in [0.1, 0.15) is 5.75 Å². The number of nitrogens with zero attached hydrogens (tertiary/aromatic N) is 2. The maximum absolute atomic E-state index is 13.2. The fourth-order valence-corrected chi connectivity index (χ4v) is 3.89. The number of carbonyl (C=O) groups excluding carboxylic acids is 2. The van der Waals surface area contributed by atoms with Gasteiger partial charge in [-0.25, -0.2) is 0 Å². The Morgan fingerprint density at radius 3 is 2.48 bits per heavy atom. The molecule has 3 aromatic rings. The predicted octanol–water partition coefficient (Wildman–Crippen LogP) is 3.74.